The molecule has 1 aliphatic rings. The fourth-order valence-electron chi connectivity index (χ4n) is 3.70. The third-order valence-electron chi connectivity index (χ3n) is 5.19. The van der Waals surface area contributed by atoms with Gasteiger partial charge in [-0.15, -0.1) is 24.0 Å². The first-order chi connectivity index (χ1) is 15.1. The molecule has 0 saturated carbocycles. The molecule has 9 heteroatoms. The Kier molecular flexibility index (Phi) is 10.5. The summed E-state index contributed by atoms with van der Waals surface area (Å²) in [5.41, 5.74) is 2.12. The minimum Gasteiger partial charge on any atom is -0.493 e. The molecule has 7 nitrogen and oxygen atoms in total. The third kappa shape index (κ3) is 6.71. The SMILES string of the molecule is CCNC(=NCc1cc(OC)c(OC)c(OC)c1)NC1CCN(c2cccc(Cl)c2)C1.I. The summed E-state index contributed by atoms with van der Waals surface area (Å²) in [5, 5.41) is 7.65. The number of aliphatic imine (C=N–C) groups is 1. The Hall–Kier alpha value is -2.07. The number of methoxy groups -OCH3 is 3. The van der Waals surface area contributed by atoms with Gasteiger partial charge in [-0.25, -0.2) is 4.99 Å². The molecule has 2 N–H and O–H groups in total. The predicted molar refractivity (Wildman–Crippen MR) is 142 cm³/mol. The van der Waals surface area contributed by atoms with E-state index < -0.39 is 0 Å². The molecule has 1 saturated heterocycles. The number of hydrogen-bond acceptors (Lipinski definition) is 5. The third-order valence-corrected chi connectivity index (χ3v) is 5.43. The highest BCUT2D eigenvalue weighted by molar-refractivity contribution is 14.0. The van der Waals surface area contributed by atoms with Crippen LogP contribution in [0.3, 0.4) is 0 Å². The summed E-state index contributed by atoms with van der Waals surface area (Å²) >= 11 is 6.15. The number of hydrogen-bond donors (Lipinski definition) is 2. The molecule has 176 valence electrons. The fraction of sp³-hybridized carbons (Fsp3) is 0.435. The van der Waals surface area contributed by atoms with Crippen LogP contribution in [0.25, 0.3) is 0 Å². The van der Waals surface area contributed by atoms with Gasteiger partial charge in [-0.3, -0.25) is 0 Å². The largest absolute Gasteiger partial charge is 0.493 e. The van der Waals surface area contributed by atoms with Gasteiger partial charge in [-0.1, -0.05) is 17.7 Å². The monoisotopic (exact) mass is 574 g/mol. The summed E-state index contributed by atoms with van der Waals surface area (Å²) in [5.74, 6) is 2.61. The van der Waals surface area contributed by atoms with Crippen LogP contribution in [0.5, 0.6) is 17.2 Å². The van der Waals surface area contributed by atoms with E-state index in [1.54, 1.807) is 21.3 Å². The zero-order chi connectivity index (χ0) is 22.2. The molecule has 1 aliphatic heterocycles. The van der Waals surface area contributed by atoms with Gasteiger partial charge in [-0.05, 0) is 49.2 Å². The molecule has 32 heavy (non-hydrogen) atoms. The van der Waals surface area contributed by atoms with E-state index in [2.05, 4.69) is 28.5 Å². The Morgan fingerprint density at radius 3 is 2.44 bits per heavy atom. The minimum absolute atomic E-state index is 0. The van der Waals surface area contributed by atoms with E-state index in [0.717, 1.165) is 48.3 Å². The molecule has 0 bridgehead atoms. The van der Waals surface area contributed by atoms with Crippen molar-refractivity contribution in [3.8, 4) is 17.2 Å². The van der Waals surface area contributed by atoms with Crippen LogP contribution in [-0.2, 0) is 6.54 Å². The fourth-order valence-corrected chi connectivity index (χ4v) is 3.88. The highest BCUT2D eigenvalue weighted by atomic mass is 127. The summed E-state index contributed by atoms with van der Waals surface area (Å²) in [4.78, 5) is 7.11. The van der Waals surface area contributed by atoms with E-state index in [9.17, 15) is 0 Å². The molecule has 0 aromatic heterocycles. The van der Waals surface area contributed by atoms with Crippen LogP contribution >= 0.6 is 35.6 Å². The molecule has 0 spiro atoms. The van der Waals surface area contributed by atoms with Gasteiger partial charge < -0.3 is 29.7 Å². The van der Waals surface area contributed by atoms with Crippen LogP contribution in [0.4, 0.5) is 5.69 Å². The van der Waals surface area contributed by atoms with Gasteiger partial charge in [0.15, 0.2) is 17.5 Å². The number of ether oxygens (including phenoxy) is 3. The molecular formula is C23H32ClIN4O3. The zero-order valence-electron chi connectivity index (χ0n) is 19.0. The van der Waals surface area contributed by atoms with Crippen molar-refractivity contribution in [3.63, 3.8) is 0 Å². The zero-order valence-corrected chi connectivity index (χ0v) is 22.1. The number of rotatable bonds is 8. The second kappa shape index (κ2) is 12.8. The number of nitrogens with one attached hydrogen (secondary N) is 2. The molecule has 0 aliphatic carbocycles. The van der Waals surface area contributed by atoms with Crippen molar-refractivity contribution < 1.29 is 14.2 Å². The maximum atomic E-state index is 6.15. The van der Waals surface area contributed by atoms with Gasteiger partial charge in [0.2, 0.25) is 5.75 Å². The van der Waals surface area contributed by atoms with Crippen molar-refractivity contribution in [2.24, 2.45) is 4.99 Å². The number of benzene rings is 2. The minimum atomic E-state index is 0. The van der Waals surface area contributed by atoms with Crippen molar-refractivity contribution in [2.75, 3.05) is 45.9 Å². The summed E-state index contributed by atoms with van der Waals surface area (Å²) < 4.78 is 16.3. The lowest BCUT2D eigenvalue weighted by Crippen LogP contribution is -2.44. The van der Waals surface area contributed by atoms with Gasteiger partial charge in [-0.2, -0.15) is 0 Å². The van der Waals surface area contributed by atoms with E-state index in [1.165, 1.54) is 0 Å². The Bertz CT molecular complexity index is 888. The summed E-state index contributed by atoms with van der Waals surface area (Å²) in [6, 6.07) is 12.1. The van der Waals surface area contributed by atoms with Gasteiger partial charge in [0, 0.05) is 36.4 Å². The lowest BCUT2D eigenvalue weighted by molar-refractivity contribution is 0.324. The molecule has 2 aromatic rings. The average Bonchev–Trinajstić information content (AvgIpc) is 3.25. The number of halogens is 2. The highest BCUT2D eigenvalue weighted by Crippen LogP contribution is 2.38. The standard InChI is InChI=1S/C23H31ClN4O3.HI/c1-5-25-23(26-14-16-11-20(29-2)22(31-4)21(12-16)30-3)27-18-9-10-28(15-18)19-8-6-7-17(24)13-19;/h6-8,11-13,18H,5,9-10,14-15H2,1-4H3,(H2,25,26,27);1H. The quantitative estimate of drug-likeness (QED) is 0.278. The Balaban J connectivity index is 0.00000363. The molecule has 1 unspecified atom stereocenters. The first-order valence-corrected chi connectivity index (χ1v) is 10.8. The van der Waals surface area contributed by atoms with Crippen LogP contribution in [-0.4, -0.2) is 53.0 Å². The predicted octanol–water partition coefficient (Wildman–Crippen LogP) is 4.32. The number of guanidine groups is 1. The van der Waals surface area contributed by atoms with E-state index in [4.69, 9.17) is 30.8 Å². The van der Waals surface area contributed by atoms with Gasteiger partial charge in [0.25, 0.3) is 0 Å². The van der Waals surface area contributed by atoms with Crippen LogP contribution in [0.15, 0.2) is 41.4 Å². The first kappa shape index (κ1) is 26.2. The smallest absolute Gasteiger partial charge is 0.203 e. The van der Waals surface area contributed by atoms with Crippen molar-refractivity contribution in [1.29, 1.82) is 0 Å². The first-order valence-electron chi connectivity index (χ1n) is 10.4. The van der Waals surface area contributed by atoms with E-state index in [-0.39, 0.29) is 24.0 Å². The van der Waals surface area contributed by atoms with E-state index >= 15 is 0 Å². The topological polar surface area (TPSA) is 67.4 Å². The number of anilines is 1. The molecule has 2 aromatic carbocycles. The van der Waals surface area contributed by atoms with Gasteiger partial charge >= 0.3 is 0 Å². The normalized spacial score (nSPS) is 15.7. The molecule has 0 amide bonds. The molecule has 3 rings (SSSR count). The second-order valence-corrected chi connectivity index (χ2v) is 7.72. The number of nitrogens with zero attached hydrogens (tertiary/aromatic N) is 2. The summed E-state index contributed by atoms with van der Waals surface area (Å²) in [6.07, 6.45) is 1.03. The van der Waals surface area contributed by atoms with E-state index in [1.807, 2.05) is 30.3 Å². The molecule has 0 radical (unpaired) electrons. The molecular weight excluding hydrogens is 543 g/mol. The van der Waals surface area contributed by atoms with Crippen LogP contribution in [0, 0.1) is 0 Å². The maximum Gasteiger partial charge on any atom is 0.203 e. The Labute approximate surface area is 212 Å². The van der Waals surface area contributed by atoms with Gasteiger partial charge in [0.1, 0.15) is 0 Å². The van der Waals surface area contributed by atoms with Crippen LogP contribution < -0.4 is 29.7 Å². The van der Waals surface area contributed by atoms with Gasteiger partial charge in [0.05, 0.1) is 27.9 Å². The van der Waals surface area contributed by atoms with E-state index in [0.29, 0.717) is 29.8 Å². The summed E-state index contributed by atoms with van der Waals surface area (Å²) in [7, 11) is 4.82. The van der Waals surface area contributed by atoms with Crippen molar-refractivity contribution in [1.82, 2.24) is 10.6 Å². The van der Waals surface area contributed by atoms with Crippen molar-refractivity contribution >= 4 is 47.2 Å². The summed E-state index contributed by atoms with van der Waals surface area (Å²) in [6.45, 7) is 5.20. The molecule has 1 fully saturated rings. The molecule has 1 heterocycles. The lowest BCUT2D eigenvalue weighted by Gasteiger charge is -2.20. The lowest BCUT2D eigenvalue weighted by atomic mass is 10.2. The Morgan fingerprint density at radius 2 is 1.84 bits per heavy atom. The highest BCUT2D eigenvalue weighted by Gasteiger charge is 2.23. The Morgan fingerprint density at radius 1 is 1.12 bits per heavy atom. The second-order valence-electron chi connectivity index (χ2n) is 7.28. The van der Waals surface area contributed by atoms with Crippen molar-refractivity contribution in [3.05, 3.63) is 47.0 Å². The van der Waals surface area contributed by atoms with Crippen LogP contribution in [0.2, 0.25) is 5.02 Å². The average molecular weight is 575 g/mol. The van der Waals surface area contributed by atoms with Crippen LogP contribution in [0.1, 0.15) is 18.9 Å². The molecule has 1 atom stereocenters. The maximum absolute atomic E-state index is 6.15. The van der Waals surface area contributed by atoms with Crippen molar-refractivity contribution in [2.45, 2.75) is 25.9 Å².